The van der Waals surface area contributed by atoms with E-state index in [0.29, 0.717) is 0 Å². The summed E-state index contributed by atoms with van der Waals surface area (Å²) in [6, 6.07) is 16.5. The highest BCUT2D eigenvalue weighted by molar-refractivity contribution is 6.35. The van der Waals surface area contributed by atoms with Crippen LogP contribution in [0.15, 0.2) is 54.6 Å². The van der Waals surface area contributed by atoms with Crippen molar-refractivity contribution in [1.29, 1.82) is 0 Å². The van der Waals surface area contributed by atoms with Gasteiger partial charge < -0.3 is 0 Å². The second-order valence-electron chi connectivity index (χ2n) is 5.43. The van der Waals surface area contributed by atoms with E-state index in [1.54, 1.807) is 0 Å². The van der Waals surface area contributed by atoms with Gasteiger partial charge in [-0.3, -0.25) is 0 Å². The van der Waals surface area contributed by atoms with Gasteiger partial charge in [-0.2, -0.15) is 0 Å². The van der Waals surface area contributed by atoms with Gasteiger partial charge in [0.25, 0.3) is 0 Å². The predicted molar refractivity (Wildman–Crippen MR) is 88.7 cm³/mol. The van der Waals surface area contributed by atoms with Crippen molar-refractivity contribution in [3.8, 4) is 0 Å². The van der Waals surface area contributed by atoms with Gasteiger partial charge in [0.15, 0.2) is 0 Å². The van der Waals surface area contributed by atoms with Crippen molar-refractivity contribution in [3.05, 3.63) is 82.0 Å². The highest BCUT2D eigenvalue weighted by Gasteiger charge is 2.18. The molecule has 0 fully saturated rings. The van der Waals surface area contributed by atoms with Crippen molar-refractivity contribution in [2.24, 2.45) is 0 Å². The lowest BCUT2D eigenvalue weighted by Crippen LogP contribution is -1.93. The van der Waals surface area contributed by atoms with Crippen LogP contribution in [0.4, 0.5) is 0 Å². The number of fused-ring (bicyclic) bond motifs is 2. The van der Waals surface area contributed by atoms with Gasteiger partial charge in [-0.15, -0.1) is 0 Å². The molecule has 21 heavy (non-hydrogen) atoms. The molecule has 102 valence electrons. The maximum Gasteiger partial charge on any atom is 0.0724 e. The standard InChI is InChI=1S/C19H14ClN/c1-12-4-2-5-14-13(12)8-9-15(14)19-11-10-16-17(20)6-3-7-18(16)21-19/h2-7,9-11H,8H2,1H3. The Labute approximate surface area is 128 Å². The van der Waals surface area contributed by atoms with Crippen LogP contribution in [0.25, 0.3) is 16.5 Å². The van der Waals surface area contributed by atoms with E-state index < -0.39 is 0 Å². The molecule has 0 aliphatic heterocycles. The Morgan fingerprint density at radius 3 is 2.76 bits per heavy atom. The van der Waals surface area contributed by atoms with Gasteiger partial charge in [0.2, 0.25) is 0 Å². The number of rotatable bonds is 1. The average molecular weight is 292 g/mol. The monoisotopic (exact) mass is 291 g/mol. The molecule has 0 spiro atoms. The molecule has 1 nitrogen and oxygen atoms in total. The first-order valence-corrected chi connectivity index (χ1v) is 7.46. The fourth-order valence-corrected chi connectivity index (χ4v) is 3.28. The molecule has 0 N–H and O–H groups in total. The molecule has 2 aromatic carbocycles. The summed E-state index contributed by atoms with van der Waals surface area (Å²) in [5.41, 5.74) is 7.28. The number of allylic oxidation sites excluding steroid dienone is 1. The highest BCUT2D eigenvalue weighted by atomic mass is 35.5. The first-order valence-electron chi connectivity index (χ1n) is 7.09. The Bertz CT molecular complexity index is 893. The van der Waals surface area contributed by atoms with E-state index in [1.165, 1.54) is 22.3 Å². The number of hydrogen-bond acceptors (Lipinski definition) is 1. The lowest BCUT2D eigenvalue weighted by Gasteiger charge is -2.09. The molecule has 0 atom stereocenters. The first kappa shape index (κ1) is 12.6. The second kappa shape index (κ2) is 4.71. The van der Waals surface area contributed by atoms with Gasteiger partial charge in [0.1, 0.15) is 0 Å². The molecule has 1 heterocycles. The third-order valence-electron chi connectivity index (χ3n) is 4.17. The summed E-state index contributed by atoms with van der Waals surface area (Å²) in [7, 11) is 0. The zero-order valence-electron chi connectivity index (χ0n) is 11.7. The van der Waals surface area contributed by atoms with E-state index in [0.717, 1.165) is 28.0 Å². The molecule has 0 amide bonds. The fraction of sp³-hybridized carbons (Fsp3) is 0.105. The van der Waals surface area contributed by atoms with E-state index in [-0.39, 0.29) is 0 Å². The molecule has 0 radical (unpaired) electrons. The molecule has 0 saturated heterocycles. The maximum atomic E-state index is 6.22. The summed E-state index contributed by atoms with van der Waals surface area (Å²) >= 11 is 6.22. The van der Waals surface area contributed by atoms with Crippen LogP contribution in [0.1, 0.15) is 22.4 Å². The van der Waals surface area contributed by atoms with Crippen LogP contribution in [0, 0.1) is 6.92 Å². The van der Waals surface area contributed by atoms with Crippen LogP contribution in [0.3, 0.4) is 0 Å². The minimum atomic E-state index is 0.753. The lowest BCUT2D eigenvalue weighted by molar-refractivity contribution is 1.24. The van der Waals surface area contributed by atoms with E-state index >= 15 is 0 Å². The van der Waals surface area contributed by atoms with Gasteiger partial charge >= 0.3 is 0 Å². The van der Waals surface area contributed by atoms with Crippen molar-refractivity contribution in [1.82, 2.24) is 4.98 Å². The van der Waals surface area contributed by atoms with Gasteiger partial charge in [-0.1, -0.05) is 41.9 Å². The SMILES string of the molecule is Cc1cccc2c1CC=C2c1ccc2c(Cl)cccc2n1. The zero-order valence-corrected chi connectivity index (χ0v) is 12.5. The zero-order chi connectivity index (χ0) is 14.4. The second-order valence-corrected chi connectivity index (χ2v) is 5.83. The lowest BCUT2D eigenvalue weighted by atomic mass is 9.99. The molecular formula is C19H14ClN. The van der Waals surface area contributed by atoms with Gasteiger partial charge in [0, 0.05) is 16.0 Å². The van der Waals surface area contributed by atoms with E-state index in [1.807, 2.05) is 18.2 Å². The van der Waals surface area contributed by atoms with E-state index in [9.17, 15) is 0 Å². The largest absolute Gasteiger partial charge is 0.248 e. The van der Waals surface area contributed by atoms with Crippen LogP contribution < -0.4 is 0 Å². The van der Waals surface area contributed by atoms with Crippen LogP contribution in [-0.2, 0) is 6.42 Å². The molecule has 0 unspecified atom stereocenters. The van der Waals surface area contributed by atoms with Crippen LogP contribution >= 0.6 is 11.6 Å². The van der Waals surface area contributed by atoms with E-state index in [2.05, 4.69) is 43.3 Å². The number of halogens is 1. The summed E-state index contributed by atoms with van der Waals surface area (Å²) in [6.07, 6.45) is 3.27. The molecule has 1 aliphatic rings. The Kier molecular flexibility index (Phi) is 2.83. The number of nitrogens with zero attached hydrogens (tertiary/aromatic N) is 1. The average Bonchev–Trinajstić information content (AvgIpc) is 2.92. The molecule has 0 saturated carbocycles. The van der Waals surface area contributed by atoms with Gasteiger partial charge in [-0.05, 0) is 54.3 Å². The molecule has 2 heteroatoms. The quantitative estimate of drug-likeness (QED) is 0.601. The minimum Gasteiger partial charge on any atom is -0.248 e. The molecule has 1 aromatic heterocycles. The van der Waals surface area contributed by atoms with E-state index in [4.69, 9.17) is 16.6 Å². The Hall–Kier alpha value is -2.12. The number of hydrogen-bond donors (Lipinski definition) is 0. The number of aromatic nitrogens is 1. The van der Waals surface area contributed by atoms with Crippen molar-refractivity contribution >= 4 is 28.1 Å². The molecule has 3 aromatic rings. The Morgan fingerprint density at radius 1 is 1.00 bits per heavy atom. The van der Waals surface area contributed by atoms with Crippen molar-refractivity contribution in [2.75, 3.05) is 0 Å². The number of pyridine rings is 1. The Morgan fingerprint density at radius 2 is 1.86 bits per heavy atom. The summed E-state index contributed by atoms with van der Waals surface area (Å²) in [6.45, 7) is 2.17. The van der Waals surface area contributed by atoms with Crippen molar-refractivity contribution in [3.63, 3.8) is 0 Å². The van der Waals surface area contributed by atoms with Crippen LogP contribution in [0.5, 0.6) is 0 Å². The number of benzene rings is 2. The van der Waals surface area contributed by atoms with Crippen LogP contribution in [-0.4, -0.2) is 4.98 Å². The van der Waals surface area contributed by atoms with Crippen molar-refractivity contribution < 1.29 is 0 Å². The molecule has 4 rings (SSSR count). The summed E-state index contributed by atoms with van der Waals surface area (Å²) in [5.74, 6) is 0. The normalized spacial score (nSPS) is 13.3. The van der Waals surface area contributed by atoms with Gasteiger partial charge in [0.05, 0.1) is 11.2 Å². The molecule has 0 bridgehead atoms. The first-order chi connectivity index (χ1) is 10.2. The maximum absolute atomic E-state index is 6.22. The number of aryl methyl sites for hydroxylation is 1. The van der Waals surface area contributed by atoms with Crippen LogP contribution in [0.2, 0.25) is 5.02 Å². The topological polar surface area (TPSA) is 12.9 Å². The minimum absolute atomic E-state index is 0.753. The smallest absolute Gasteiger partial charge is 0.0724 e. The summed E-state index contributed by atoms with van der Waals surface area (Å²) in [4.78, 5) is 4.79. The summed E-state index contributed by atoms with van der Waals surface area (Å²) < 4.78 is 0. The predicted octanol–water partition coefficient (Wildman–Crippen LogP) is 5.18. The summed E-state index contributed by atoms with van der Waals surface area (Å²) in [5, 5.41) is 1.76. The van der Waals surface area contributed by atoms with Gasteiger partial charge in [-0.25, -0.2) is 4.98 Å². The third kappa shape index (κ3) is 1.97. The third-order valence-corrected chi connectivity index (χ3v) is 4.49. The fourth-order valence-electron chi connectivity index (χ4n) is 3.05. The highest BCUT2D eigenvalue weighted by Crippen LogP contribution is 2.34. The molecular weight excluding hydrogens is 278 g/mol. The Balaban J connectivity index is 1.88. The molecule has 1 aliphatic carbocycles. The van der Waals surface area contributed by atoms with Crippen molar-refractivity contribution in [2.45, 2.75) is 13.3 Å².